The number of aliphatic hydroxyl groups excluding tert-OH is 1. The summed E-state index contributed by atoms with van der Waals surface area (Å²) < 4.78 is 0. The first-order valence-electron chi connectivity index (χ1n) is 6.37. The third-order valence-electron chi connectivity index (χ3n) is 3.77. The molecule has 4 nitrogen and oxygen atoms in total. The number of nitrogens with zero attached hydrogens (tertiary/aromatic N) is 1. The zero-order valence-electron chi connectivity index (χ0n) is 10.6. The summed E-state index contributed by atoms with van der Waals surface area (Å²) in [7, 11) is 0. The number of aliphatic hydroxyl groups is 1. The summed E-state index contributed by atoms with van der Waals surface area (Å²) in [5, 5.41) is 12.8. The fourth-order valence-corrected chi connectivity index (χ4v) is 3.11. The fraction of sp³-hybridized carbons (Fsp3) is 0.917. The average molecular weight is 258 g/mol. The lowest BCUT2D eigenvalue weighted by atomic mass is 10.2. The second-order valence-electron chi connectivity index (χ2n) is 5.01. The zero-order valence-corrected chi connectivity index (χ0v) is 11.4. The highest BCUT2D eigenvalue weighted by Gasteiger charge is 2.38. The van der Waals surface area contributed by atoms with Gasteiger partial charge in [-0.25, -0.2) is 0 Å². The van der Waals surface area contributed by atoms with E-state index in [0.29, 0.717) is 6.04 Å². The lowest BCUT2D eigenvalue weighted by molar-refractivity contribution is -0.131. The first kappa shape index (κ1) is 13.2. The van der Waals surface area contributed by atoms with Gasteiger partial charge in [0.2, 0.25) is 5.91 Å². The maximum atomic E-state index is 12.2. The summed E-state index contributed by atoms with van der Waals surface area (Å²) in [6.07, 6.45) is 5.32. The minimum atomic E-state index is 0.0196. The van der Waals surface area contributed by atoms with Crippen LogP contribution in [-0.2, 0) is 4.79 Å². The van der Waals surface area contributed by atoms with Gasteiger partial charge in [-0.05, 0) is 32.4 Å². The Hall–Kier alpha value is -0.260. The van der Waals surface area contributed by atoms with Crippen molar-refractivity contribution in [2.75, 3.05) is 19.4 Å². The number of thioether (sulfide) groups is 1. The van der Waals surface area contributed by atoms with Crippen LogP contribution in [0, 0.1) is 0 Å². The summed E-state index contributed by atoms with van der Waals surface area (Å²) in [4.78, 5) is 14.1. The first-order chi connectivity index (χ1) is 8.17. The van der Waals surface area contributed by atoms with Gasteiger partial charge in [-0.1, -0.05) is 0 Å². The monoisotopic (exact) mass is 258 g/mol. The molecule has 2 aliphatic rings. The molecule has 3 atom stereocenters. The molecule has 1 saturated heterocycles. The van der Waals surface area contributed by atoms with Crippen LogP contribution < -0.4 is 5.32 Å². The second-order valence-corrected chi connectivity index (χ2v) is 6.09. The molecule has 2 N–H and O–H groups in total. The van der Waals surface area contributed by atoms with Gasteiger partial charge in [0.1, 0.15) is 0 Å². The van der Waals surface area contributed by atoms with Crippen LogP contribution in [-0.4, -0.2) is 58.7 Å². The van der Waals surface area contributed by atoms with E-state index in [9.17, 15) is 9.90 Å². The Labute approximate surface area is 107 Å². The molecule has 1 saturated carbocycles. The molecule has 1 amide bonds. The van der Waals surface area contributed by atoms with Crippen molar-refractivity contribution in [2.24, 2.45) is 0 Å². The van der Waals surface area contributed by atoms with Crippen LogP contribution >= 0.6 is 11.8 Å². The SMILES string of the molecule is CSC(CO)C(C)N1CCC(NC2CC2)C1=O. The third-order valence-corrected chi connectivity index (χ3v) is 4.91. The highest BCUT2D eigenvalue weighted by molar-refractivity contribution is 7.99. The van der Waals surface area contributed by atoms with Crippen molar-refractivity contribution >= 4 is 17.7 Å². The largest absolute Gasteiger partial charge is 0.395 e. The molecule has 98 valence electrons. The number of hydrogen-bond acceptors (Lipinski definition) is 4. The molecule has 0 aromatic rings. The first-order valence-corrected chi connectivity index (χ1v) is 7.66. The number of nitrogens with one attached hydrogen (secondary N) is 1. The van der Waals surface area contributed by atoms with Crippen molar-refractivity contribution in [3.05, 3.63) is 0 Å². The maximum Gasteiger partial charge on any atom is 0.240 e. The lowest BCUT2D eigenvalue weighted by Crippen LogP contribution is -2.46. The summed E-state index contributed by atoms with van der Waals surface area (Å²) in [5.74, 6) is 0.219. The molecule has 2 fully saturated rings. The Bertz CT molecular complexity index is 280. The number of rotatable bonds is 6. The Kier molecular flexibility index (Phi) is 4.33. The average Bonchev–Trinajstić information content (AvgIpc) is 3.06. The van der Waals surface area contributed by atoms with Crippen molar-refractivity contribution in [3.8, 4) is 0 Å². The molecule has 0 radical (unpaired) electrons. The molecular weight excluding hydrogens is 236 g/mol. The molecule has 17 heavy (non-hydrogen) atoms. The zero-order chi connectivity index (χ0) is 12.4. The van der Waals surface area contributed by atoms with E-state index in [1.807, 2.05) is 18.1 Å². The van der Waals surface area contributed by atoms with Crippen LogP contribution in [0.25, 0.3) is 0 Å². The second kappa shape index (κ2) is 5.59. The van der Waals surface area contributed by atoms with E-state index in [-0.39, 0.29) is 29.8 Å². The van der Waals surface area contributed by atoms with Gasteiger partial charge in [0.05, 0.1) is 12.6 Å². The summed E-state index contributed by atoms with van der Waals surface area (Å²) in [6, 6.07) is 0.716. The topological polar surface area (TPSA) is 52.6 Å². The van der Waals surface area contributed by atoms with Crippen LogP contribution in [0.2, 0.25) is 0 Å². The van der Waals surface area contributed by atoms with Crippen molar-refractivity contribution in [2.45, 2.75) is 49.6 Å². The van der Waals surface area contributed by atoms with Gasteiger partial charge in [-0.3, -0.25) is 4.79 Å². The molecule has 1 aliphatic carbocycles. The standard InChI is InChI=1S/C12H22N2O2S/c1-8(11(7-15)17-2)14-6-5-10(12(14)16)13-9-3-4-9/h8-11,13,15H,3-7H2,1-2H3. The lowest BCUT2D eigenvalue weighted by Gasteiger charge is -2.30. The van der Waals surface area contributed by atoms with E-state index in [1.54, 1.807) is 11.8 Å². The highest BCUT2D eigenvalue weighted by atomic mass is 32.2. The van der Waals surface area contributed by atoms with Crippen molar-refractivity contribution in [3.63, 3.8) is 0 Å². The molecule has 5 heteroatoms. The minimum absolute atomic E-state index is 0.0196. The molecule has 0 aromatic heterocycles. The quantitative estimate of drug-likeness (QED) is 0.726. The summed E-state index contributed by atoms with van der Waals surface area (Å²) >= 11 is 1.63. The normalized spacial score (nSPS) is 28.5. The Morgan fingerprint density at radius 3 is 2.76 bits per heavy atom. The van der Waals surface area contributed by atoms with E-state index < -0.39 is 0 Å². The van der Waals surface area contributed by atoms with Gasteiger partial charge >= 0.3 is 0 Å². The number of carbonyl (C=O) groups is 1. The van der Waals surface area contributed by atoms with Crippen molar-refractivity contribution < 1.29 is 9.90 Å². The summed E-state index contributed by atoms with van der Waals surface area (Å²) in [5.41, 5.74) is 0. The molecule has 3 unspecified atom stereocenters. The Balaban J connectivity index is 1.90. The van der Waals surface area contributed by atoms with E-state index in [4.69, 9.17) is 0 Å². The van der Waals surface area contributed by atoms with E-state index in [0.717, 1.165) is 13.0 Å². The van der Waals surface area contributed by atoms with E-state index >= 15 is 0 Å². The van der Waals surface area contributed by atoms with Gasteiger partial charge in [-0.2, -0.15) is 11.8 Å². The van der Waals surface area contributed by atoms with E-state index in [1.165, 1.54) is 12.8 Å². The Morgan fingerprint density at radius 2 is 2.24 bits per heavy atom. The predicted octanol–water partition coefficient (Wildman–Crippen LogP) is 0.452. The number of carbonyl (C=O) groups excluding carboxylic acids is 1. The molecule has 1 aliphatic heterocycles. The number of likely N-dealkylation sites (tertiary alicyclic amines) is 1. The summed E-state index contributed by atoms with van der Waals surface area (Å²) in [6.45, 7) is 2.99. The van der Waals surface area contributed by atoms with E-state index in [2.05, 4.69) is 5.32 Å². The van der Waals surface area contributed by atoms with Gasteiger partial charge in [-0.15, -0.1) is 0 Å². The van der Waals surface area contributed by atoms with Crippen molar-refractivity contribution in [1.29, 1.82) is 0 Å². The fourth-order valence-electron chi connectivity index (χ4n) is 2.42. The van der Waals surface area contributed by atoms with Crippen LogP contribution in [0.3, 0.4) is 0 Å². The Morgan fingerprint density at radius 1 is 1.53 bits per heavy atom. The third kappa shape index (κ3) is 2.95. The number of amides is 1. The smallest absolute Gasteiger partial charge is 0.240 e. The van der Waals surface area contributed by atoms with Crippen molar-refractivity contribution in [1.82, 2.24) is 10.2 Å². The van der Waals surface area contributed by atoms with Gasteiger partial charge in [0.25, 0.3) is 0 Å². The molecule has 2 rings (SSSR count). The molecular formula is C12H22N2O2S. The molecule has 0 aromatic carbocycles. The van der Waals surface area contributed by atoms with Crippen LogP contribution in [0.5, 0.6) is 0 Å². The molecule has 1 heterocycles. The maximum absolute atomic E-state index is 12.2. The predicted molar refractivity (Wildman–Crippen MR) is 70.1 cm³/mol. The van der Waals surface area contributed by atoms with Gasteiger partial charge in [0, 0.05) is 23.9 Å². The number of hydrogen-bond donors (Lipinski definition) is 2. The highest BCUT2D eigenvalue weighted by Crippen LogP contribution is 2.25. The van der Waals surface area contributed by atoms with Crippen LogP contribution in [0.1, 0.15) is 26.2 Å². The van der Waals surface area contributed by atoms with Crippen LogP contribution in [0.15, 0.2) is 0 Å². The van der Waals surface area contributed by atoms with Gasteiger partial charge < -0.3 is 15.3 Å². The molecule has 0 bridgehead atoms. The molecule has 0 spiro atoms. The van der Waals surface area contributed by atoms with Crippen LogP contribution in [0.4, 0.5) is 0 Å². The minimum Gasteiger partial charge on any atom is -0.395 e. The van der Waals surface area contributed by atoms with Gasteiger partial charge in [0.15, 0.2) is 0 Å².